The van der Waals surface area contributed by atoms with Gasteiger partial charge >= 0.3 is 24.0 Å². The molecule has 0 aliphatic rings. The highest BCUT2D eigenvalue weighted by molar-refractivity contribution is 5.87. The predicted molar refractivity (Wildman–Crippen MR) is 215 cm³/mol. The van der Waals surface area contributed by atoms with Crippen LogP contribution in [-0.4, -0.2) is 127 Å². The first-order valence-corrected chi connectivity index (χ1v) is 19.0. The maximum Gasteiger partial charge on any atom is 0.407 e. The summed E-state index contributed by atoms with van der Waals surface area (Å²) in [5, 5.41) is 15.6. The minimum absolute atomic E-state index is 0.0331. The zero-order chi connectivity index (χ0) is 43.3. The number of para-hydroxylation sites is 1. The van der Waals surface area contributed by atoms with Crippen molar-refractivity contribution in [3.63, 3.8) is 0 Å². The number of aliphatic hydroxyl groups excluding tert-OH is 1. The largest absolute Gasteiger partial charge is 0.491 e. The Hall–Kier alpha value is -5.46. The Morgan fingerprint density at radius 3 is 1.69 bits per heavy atom. The SMILES string of the molecule is C=C(C)C(=O)OCCCNC(=O)OC(COCCOc1cccc(OCCOCC(COC(=O)C(=C)C)OC(O)NCCCOC(=O)C(=C)C)c1)COc1ccccc1. The van der Waals surface area contributed by atoms with E-state index in [4.69, 9.17) is 47.4 Å². The molecule has 0 aromatic heterocycles. The molecule has 3 atom stereocenters. The molecule has 2 aromatic carbocycles. The molecule has 1 amide bonds. The van der Waals surface area contributed by atoms with Gasteiger partial charge in [0.25, 0.3) is 0 Å². The van der Waals surface area contributed by atoms with Crippen LogP contribution in [0.25, 0.3) is 0 Å². The number of aliphatic hydroxyl groups is 1. The lowest BCUT2D eigenvalue weighted by atomic mass is 10.3. The second-order valence-corrected chi connectivity index (χ2v) is 12.9. The first-order chi connectivity index (χ1) is 28.3. The molecule has 0 saturated carbocycles. The lowest BCUT2D eigenvalue weighted by Crippen LogP contribution is -2.40. The van der Waals surface area contributed by atoms with Crippen molar-refractivity contribution in [1.82, 2.24) is 10.6 Å². The predicted octanol–water partition coefficient (Wildman–Crippen LogP) is 4.04. The molecule has 3 N–H and O–H groups in total. The fourth-order valence-corrected chi connectivity index (χ4v) is 4.32. The molecule has 0 radical (unpaired) electrons. The summed E-state index contributed by atoms with van der Waals surface area (Å²) >= 11 is 0. The van der Waals surface area contributed by atoms with Crippen LogP contribution in [-0.2, 0) is 47.5 Å². The van der Waals surface area contributed by atoms with Gasteiger partial charge in [-0.2, -0.15) is 0 Å². The van der Waals surface area contributed by atoms with Crippen LogP contribution < -0.4 is 24.8 Å². The Bertz CT molecular complexity index is 1600. The molecule has 0 heterocycles. The first-order valence-electron chi connectivity index (χ1n) is 19.0. The lowest BCUT2D eigenvalue weighted by Gasteiger charge is -2.22. The van der Waals surface area contributed by atoms with Gasteiger partial charge in [-0.25, -0.2) is 19.2 Å². The highest BCUT2D eigenvalue weighted by Gasteiger charge is 2.19. The number of carbonyl (C=O) groups excluding carboxylic acids is 4. The standard InChI is InChI=1S/C42H58N2O15/c1-30(2)38(45)54-19-11-17-43-41(48)58-36(28-56-33-13-8-7-9-14-33)26-50-21-23-52-34-15-10-16-35(25-34)53-24-22-51-27-37(29-57-40(47)32(5)6)59-42(49)44-18-12-20-55-39(46)31(3)4/h7-10,13-16,25,36-37,42,44,49H,1,3,5,11-12,17-24,26-29H2,2,4,6H3,(H,43,48). The van der Waals surface area contributed by atoms with Gasteiger partial charge in [0.15, 0.2) is 6.10 Å². The number of hydrogen-bond acceptors (Lipinski definition) is 16. The Kier molecular flexibility index (Phi) is 25.0. The third kappa shape index (κ3) is 24.2. The highest BCUT2D eigenvalue weighted by atomic mass is 16.7. The molecule has 17 heteroatoms. The summed E-state index contributed by atoms with van der Waals surface area (Å²) in [6.45, 7) is 16.5. The number of nitrogens with one attached hydrogen (secondary N) is 2. The maximum absolute atomic E-state index is 12.4. The number of rotatable bonds is 32. The summed E-state index contributed by atoms with van der Waals surface area (Å²) in [5.41, 5.74) is 0.797. The van der Waals surface area contributed by atoms with Crippen LogP contribution >= 0.6 is 0 Å². The van der Waals surface area contributed by atoms with Gasteiger partial charge in [-0.05, 0) is 57.9 Å². The van der Waals surface area contributed by atoms with E-state index in [9.17, 15) is 24.3 Å². The minimum Gasteiger partial charge on any atom is -0.491 e. The normalized spacial score (nSPS) is 12.2. The van der Waals surface area contributed by atoms with E-state index in [2.05, 4.69) is 30.4 Å². The van der Waals surface area contributed by atoms with Crippen LogP contribution in [0.1, 0.15) is 33.6 Å². The molecule has 0 spiro atoms. The number of hydrogen-bond donors (Lipinski definition) is 3. The van der Waals surface area contributed by atoms with Crippen LogP contribution in [0.4, 0.5) is 4.79 Å². The second-order valence-electron chi connectivity index (χ2n) is 12.9. The van der Waals surface area contributed by atoms with Gasteiger partial charge in [0, 0.05) is 35.9 Å². The molecule has 17 nitrogen and oxygen atoms in total. The third-order valence-corrected chi connectivity index (χ3v) is 7.32. The molecule has 326 valence electrons. The smallest absolute Gasteiger partial charge is 0.407 e. The monoisotopic (exact) mass is 830 g/mol. The Balaban J connectivity index is 1.74. The van der Waals surface area contributed by atoms with Crippen LogP contribution in [0.15, 0.2) is 91.1 Å². The van der Waals surface area contributed by atoms with Gasteiger partial charge in [0.2, 0.25) is 6.41 Å². The van der Waals surface area contributed by atoms with Gasteiger partial charge in [-0.1, -0.05) is 44.0 Å². The molecular formula is C42H58N2O15. The molecule has 0 bridgehead atoms. The van der Waals surface area contributed by atoms with E-state index >= 15 is 0 Å². The van der Waals surface area contributed by atoms with Crippen molar-refractivity contribution in [3.8, 4) is 17.2 Å². The zero-order valence-corrected chi connectivity index (χ0v) is 34.1. The maximum atomic E-state index is 12.4. The molecule has 0 fully saturated rings. The molecular weight excluding hydrogens is 772 g/mol. The van der Waals surface area contributed by atoms with Crippen molar-refractivity contribution < 1.29 is 71.7 Å². The Labute approximate surface area is 345 Å². The fraction of sp³-hybridized carbons (Fsp3) is 0.476. The van der Waals surface area contributed by atoms with Gasteiger partial charge in [0.05, 0.1) is 39.6 Å². The summed E-state index contributed by atoms with van der Waals surface area (Å²) in [5.74, 6) is 0.0617. The van der Waals surface area contributed by atoms with E-state index in [-0.39, 0.29) is 84.7 Å². The number of carbonyl (C=O) groups is 4. The van der Waals surface area contributed by atoms with Crippen molar-refractivity contribution in [3.05, 3.63) is 91.1 Å². The molecule has 59 heavy (non-hydrogen) atoms. The molecule has 3 unspecified atom stereocenters. The van der Waals surface area contributed by atoms with Gasteiger partial charge in [0.1, 0.15) is 49.8 Å². The highest BCUT2D eigenvalue weighted by Crippen LogP contribution is 2.19. The fourth-order valence-electron chi connectivity index (χ4n) is 4.32. The number of benzene rings is 2. The van der Waals surface area contributed by atoms with Crippen LogP contribution in [0.2, 0.25) is 0 Å². The minimum atomic E-state index is -1.41. The average Bonchev–Trinajstić information content (AvgIpc) is 3.21. The average molecular weight is 831 g/mol. The molecule has 2 rings (SSSR count). The van der Waals surface area contributed by atoms with Crippen molar-refractivity contribution >= 4 is 24.0 Å². The second kappa shape index (κ2) is 29.7. The van der Waals surface area contributed by atoms with E-state index in [1.165, 1.54) is 6.92 Å². The van der Waals surface area contributed by atoms with Gasteiger partial charge in [-0.3, -0.25) is 5.32 Å². The van der Waals surface area contributed by atoms with E-state index in [1.54, 1.807) is 50.2 Å². The topological polar surface area (TPSA) is 205 Å². The van der Waals surface area contributed by atoms with Gasteiger partial charge < -0.3 is 57.8 Å². The number of alkyl carbamates (subject to hydrolysis) is 1. The van der Waals surface area contributed by atoms with Crippen molar-refractivity contribution in [1.29, 1.82) is 0 Å². The number of esters is 3. The molecule has 0 aliphatic carbocycles. The first kappa shape index (κ1) is 49.7. The van der Waals surface area contributed by atoms with Gasteiger partial charge in [-0.15, -0.1) is 0 Å². The summed E-state index contributed by atoms with van der Waals surface area (Å²) in [4.78, 5) is 47.3. The Morgan fingerprint density at radius 1 is 0.593 bits per heavy atom. The summed E-state index contributed by atoms with van der Waals surface area (Å²) in [7, 11) is 0. The summed E-state index contributed by atoms with van der Waals surface area (Å²) < 4.78 is 55.1. The number of ether oxygens (including phenoxy) is 10. The van der Waals surface area contributed by atoms with Crippen LogP contribution in [0.3, 0.4) is 0 Å². The zero-order valence-electron chi connectivity index (χ0n) is 34.1. The van der Waals surface area contributed by atoms with E-state index in [1.807, 2.05) is 18.2 Å². The van der Waals surface area contributed by atoms with Crippen molar-refractivity contribution in [2.45, 2.75) is 52.2 Å². The molecule has 0 aliphatic heterocycles. The quantitative estimate of drug-likeness (QED) is 0.0313. The van der Waals surface area contributed by atoms with Crippen LogP contribution in [0.5, 0.6) is 17.2 Å². The van der Waals surface area contributed by atoms with Crippen LogP contribution in [0, 0.1) is 0 Å². The Morgan fingerprint density at radius 2 is 1.12 bits per heavy atom. The lowest BCUT2D eigenvalue weighted by molar-refractivity contribution is -0.185. The van der Waals surface area contributed by atoms with E-state index in [0.29, 0.717) is 41.2 Å². The van der Waals surface area contributed by atoms with E-state index < -0.39 is 42.6 Å². The van der Waals surface area contributed by atoms with E-state index in [0.717, 1.165) is 0 Å². The third-order valence-electron chi connectivity index (χ3n) is 7.32. The molecule has 2 aromatic rings. The van der Waals surface area contributed by atoms with Crippen molar-refractivity contribution in [2.75, 3.05) is 79.2 Å². The molecule has 0 saturated heterocycles. The summed E-state index contributed by atoms with van der Waals surface area (Å²) in [6, 6.07) is 16.1. The number of amides is 1. The summed E-state index contributed by atoms with van der Waals surface area (Å²) in [6.07, 6.45) is -2.84. The van der Waals surface area contributed by atoms with Crippen molar-refractivity contribution in [2.24, 2.45) is 0 Å².